The molecule has 0 aliphatic heterocycles. The first-order valence-corrected chi connectivity index (χ1v) is 6.66. The van der Waals surface area contributed by atoms with Crippen molar-refractivity contribution >= 4 is 44.8 Å². The van der Waals surface area contributed by atoms with Crippen LogP contribution in [-0.4, -0.2) is 14.6 Å². The van der Waals surface area contributed by atoms with Gasteiger partial charge < -0.3 is 0 Å². The van der Waals surface area contributed by atoms with Crippen LogP contribution in [-0.2, 0) is 0 Å². The maximum Gasteiger partial charge on any atom is 0.171 e. The lowest BCUT2D eigenvalue weighted by Crippen LogP contribution is -1.94. The summed E-state index contributed by atoms with van der Waals surface area (Å²) in [5.74, 6) is 0. The van der Waals surface area contributed by atoms with Gasteiger partial charge in [-0.25, -0.2) is 9.50 Å². The van der Waals surface area contributed by atoms with Crippen LogP contribution in [0.5, 0.6) is 0 Å². The highest BCUT2D eigenvalue weighted by molar-refractivity contribution is 9.10. The smallest absolute Gasteiger partial charge is 0.171 e. The van der Waals surface area contributed by atoms with E-state index >= 15 is 0 Å². The summed E-state index contributed by atoms with van der Waals surface area (Å²) < 4.78 is 2.35. The monoisotopic (exact) mass is 341 g/mol. The molecule has 0 aliphatic carbocycles. The molecule has 18 heavy (non-hydrogen) atoms. The number of rotatable bonds is 1. The summed E-state index contributed by atoms with van der Waals surface area (Å²) >= 11 is 15.7. The Hall–Kier alpha value is -1.10. The zero-order valence-electron chi connectivity index (χ0n) is 8.94. The van der Waals surface area contributed by atoms with Crippen LogP contribution < -0.4 is 0 Å². The molecule has 6 heteroatoms. The minimum absolute atomic E-state index is 0.487. The van der Waals surface area contributed by atoms with Gasteiger partial charge in [0.2, 0.25) is 0 Å². The lowest BCUT2D eigenvalue weighted by atomic mass is 10.1. The quantitative estimate of drug-likeness (QED) is 0.611. The maximum atomic E-state index is 6.17. The van der Waals surface area contributed by atoms with Crippen molar-refractivity contribution in [2.45, 2.75) is 0 Å². The zero-order chi connectivity index (χ0) is 12.7. The third kappa shape index (κ3) is 1.90. The molecule has 2 aromatic heterocycles. The fraction of sp³-hybridized carbons (Fsp3) is 0. The van der Waals surface area contributed by atoms with E-state index < -0.39 is 0 Å². The number of halogens is 3. The van der Waals surface area contributed by atoms with Crippen LogP contribution in [0.1, 0.15) is 0 Å². The van der Waals surface area contributed by atoms with Crippen LogP contribution in [0.15, 0.2) is 41.0 Å². The van der Waals surface area contributed by atoms with Gasteiger partial charge in [-0.05, 0) is 22.0 Å². The second kappa shape index (κ2) is 4.53. The van der Waals surface area contributed by atoms with Crippen LogP contribution in [0, 0.1) is 0 Å². The average Bonchev–Trinajstić information content (AvgIpc) is 2.72. The van der Waals surface area contributed by atoms with Crippen molar-refractivity contribution in [3.8, 4) is 11.3 Å². The van der Waals surface area contributed by atoms with Gasteiger partial charge in [-0.15, -0.1) is 0 Å². The van der Waals surface area contributed by atoms with Gasteiger partial charge in [0.1, 0.15) is 5.15 Å². The van der Waals surface area contributed by atoms with E-state index in [0.717, 1.165) is 15.7 Å². The van der Waals surface area contributed by atoms with Crippen molar-refractivity contribution < 1.29 is 0 Å². The lowest BCUT2D eigenvalue weighted by Gasteiger charge is -2.05. The molecule has 1 aromatic carbocycles. The SMILES string of the molecule is Clc1ccccc1-c1cc(Cl)n2ncc(Br)c2n1. The standard InChI is InChI=1S/C12H6BrCl2N3/c13-8-6-16-18-11(15)5-10(17-12(8)18)7-3-1-2-4-9(7)14/h1-6H. The second-order valence-corrected chi connectivity index (χ2v) is 5.32. The molecular formula is C12H6BrCl2N3. The van der Waals surface area contributed by atoms with Crippen molar-refractivity contribution in [2.24, 2.45) is 0 Å². The molecule has 3 nitrogen and oxygen atoms in total. The van der Waals surface area contributed by atoms with E-state index in [1.165, 1.54) is 0 Å². The van der Waals surface area contributed by atoms with Gasteiger partial charge in [0, 0.05) is 16.7 Å². The summed E-state index contributed by atoms with van der Waals surface area (Å²) in [6.45, 7) is 0. The average molecular weight is 343 g/mol. The first-order chi connectivity index (χ1) is 8.66. The first kappa shape index (κ1) is 12.0. The molecular weight excluding hydrogens is 337 g/mol. The molecule has 2 heterocycles. The summed E-state index contributed by atoms with van der Waals surface area (Å²) in [5.41, 5.74) is 2.23. The minimum Gasteiger partial charge on any atom is -0.227 e. The Balaban J connectivity index is 2.31. The molecule has 0 aliphatic rings. The van der Waals surface area contributed by atoms with Gasteiger partial charge >= 0.3 is 0 Å². The van der Waals surface area contributed by atoms with Gasteiger partial charge in [0.05, 0.1) is 16.4 Å². The van der Waals surface area contributed by atoms with Crippen molar-refractivity contribution in [1.29, 1.82) is 0 Å². The molecule has 3 aromatic rings. The van der Waals surface area contributed by atoms with E-state index in [1.807, 2.05) is 24.3 Å². The Labute approximate surface area is 121 Å². The number of benzene rings is 1. The highest BCUT2D eigenvalue weighted by atomic mass is 79.9. The number of hydrogen-bond donors (Lipinski definition) is 0. The molecule has 0 amide bonds. The fourth-order valence-corrected chi connectivity index (χ4v) is 2.51. The predicted molar refractivity (Wildman–Crippen MR) is 76.1 cm³/mol. The van der Waals surface area contributed by atoms with Crippen LogP contribution in [0.4, 0.5) is 0 Å². The summed E-state index contributed by atoms with van der Waals surface area (Å²) in [6, 6.07) is 9.26. The van der Waals surface area contributed by atoms with Gasteiger partial charge in [0.25, 0.3) is 0 Å². The fourth-order valence-electron chi connectivity index (χ4n) is 1.71. The summed E-state index contributed by atoms with van der Waals surface area (Å²) in [7, 11) is 0. The number of nitrogens with zero attached hydrogens (tertiary/aromatic N) is 3. The zero-order valence-corrected chi connectivity index (χ0v) is 12.0. The van der Waals surface area contributed by atoms with Gasteiger partial charge in [-0.1, -0.05) is 41.4 Å². The molecule has 0 unspecified atom stereocenters. The molecule has 0 bridgehead atoms. The number of aromatic nitrogens is 3. The van der Waals surface area contributed by atoms with Crippen molar-refractivity contribution in [1.82, 2.24) is 14.6 Å². The van der Waals surface area contributed by atoms with Crippen molar-refractivity contribution in [2.75, 3.05) is 0 Å². The normalized spacial score (nSPS) is 11.1. The highest BCUT2D eigenvalue weighted by Crippen LogP contribution is 2.29. The second-order valence-electron chi connectivity index (χ2n) is 3.67. The van der Waals surface area contributed by atoms with Crippen LogP contribution in [0.2, 0.25) is 10.2 Å². The molecule has 0 N–H and O–H groups in total. The summed E-state index contributed by atoms with van der Waals surface area (Å²) in [4.78, 5) is 4.51. The van der Waals surface area contributed by atoms with Crippen LogP contribution in [0.25, 0.3) is 16.9 Å². The van der Waals surface area contributed by atoms with Crippen molar-refractivity contribution in [3.05, 3.63) is 51.2 Å². The predicted octanol–water partition coefficient (Wildman–Crippen LogP) is 4.47. The first-order valence-electron chi connectivity index (χ1n) is 5.11. The van der Waals surface area contributed by atoms with Gasteiger partial charge in [-0.2, -0.15) is 5.10 Å². The van der Waals surface area contributed by atoms with Gasteiger partial charge in [0.15, 0.2) is 5.65 Å². The van der Waals surface area contributed by atoms with Crippen molar-refractivity contribution in [3.63, 3.8) is 0 Å². The molecule has 0 radical (unpaired) electrons. The highest BCUT2D eigenvalue weighted by Gasteiger charge is 2.11. The summed E-state index contributed by atoms with van der Waals surface area (Å²) in [6.07, 6.45) is 1.66. The Morgan fingerprint density at radius 2 is 1.94 bits per heavy atom. The van der Waals surface area contributed by atoms with Gasteiger partial charge in [-0.3, -0.25) is 0 Å². The molecule has 90 valence electrons. The molecule has 0 spiro atoms. The minimum atomic E-state index is 0.487. The third-order valence-electron chi connectivity index (χ3n) is 2.54. The molecule has 0 atom stereocenters. The maximum absolute atomic E-state index is 6.17. The van der Waals surface area contributed by atoms with Crippen LogP contribution in [0.3, 0.4) is 0 Å². The Kier molecular flexibility index (Phi) is 3.01. The molecule has 3 rings (SSSR count). The topological polar surface area (TPSA) is 30.2 Å². The van der Waals surface area contributed by atoms with E-state index in [2.05, 4.69) is 26.0 Å². The van der Waals surface area contributed by atoms with E-state index in [1.54, 1.807) is 16.8 Å². The van der Waals surface area contributed by atoms with E-state index in [4.69, 9.17) is 23.2 Å². The Morgan fingerprint density at radius 3 is 2.72 bits per heavy atom. The molecule has 0 saturated heterocycles. The third-order valence-corrected chi connectivity index (χ3v) is 3.69. The van der Waals surface area contributed by atoms with Crippen LogP contribution >= 0.6 is 39.1 Å². The number of fused-ring (bicyclic) bond motifs is 1. The Morgan fingerprint density at radius 1 is 1.17 bits per heavy atom. The lowest BCUT2D eigenvalue weighted by molar-refractivity contribution is 0.942. The van der Waals surface area contributed by atoms with E-state index in [-0.39, 0.29) is 0 Å². The Bertz CT molecular complexity index is 739. The number of hydrogen-bond acceptors (Lipinski definition) is 2. The van der Waals surface area contributed by atoms with E-state index in [9.17, 15) is 0 Å². The largest absolute Gasteiger partial charge is 0.227 e. The molecule has 0 fully saturated rings. The molecule has 0 saturated carbocycles. The van der Waals surface area contributed by atoms with E-state index in [0.29, 0.717) is 15.8 Å². The summed E-state index contributed by atoms with van der Waals surface area (Å²) in [5, 5.41) is 5.24.